The molecule has 1 N–H and O–H groups in total. The SMILES string of the molecule is C=CCNC(=O)CN1C[C@@H]2OCCN(Cc3ccccc3)[C@H]2C1. The van der Waals surface area contributed by atoms with Crippen LogP contribution in [0.5, 0.6) is 0 Å². The number of amides is 1. The zero-order chi connectivity index (χ0) is 16.1. The lowest BCUT2D eigenvalue weighted by Crippen LogP contribution is -2.50. The van der Waals surface area contributed by atoms with Gasteiger partial charge in [0.2, 0.25) is 5.91 Å². The second kappa shape index (κ2) is 7.73. The first-order chi connectivity index (χ1) is 11.3. The van der Waals surface area contributed by atoms with Crippen LogP contribution in [0, 0.1) is 0 Å². The summed E-state index contributed by atoms with van der Waals surface area (Å²) in [6.45, 7) is 8.96. The summed E-state index contributed by atoms with van der Waals surface area (Å²) in [5.41, 5.74) is 1.33. The second-order valence-corrected chi connectivity index (χ2v) is 6.22. The van der Waals surface area contributed by atoms with E-state index in [-0.39, 0.29) is 12.0 Å². The number of rotatable bonds is 6. The van der Waals surface area contributed by atoms with Crippen LogP contribution in [0.2, 0.25) is 0 Å². The zero-order valence-corrected chi connectivity index (χ0v) is 13.5. The molecule has 2 aliphatic heterocycles. The van der Waals surface area contributed by atoms with Gasteiger partial charge in [0.25, 0.3) is 0 Å². The van der Waals surface area contributed by atoms with E-state index in [0.717, 1.165) is 32.8 Å². The highest BCUT2D eigenvalue weighted by atomic mass is 16.5. The highest BCUT2D eigenvalue weighted by Crippen LogP contribution is 2.24. The third-order valence-electron chi connectivity index (χ3n) is 4.53. The molecule has 0 aliphatic carbocycles. The van der Waals surface area contributed by atoms with Crippen LogP contribution in [0.1, 0.15) is 5.56 Å². The lowest BCUT2D eigenvalue weighted by atomic mass is 10.1. The second-order valence-electron chi connectivity index (χ2n) is 6.22. The summed E-state index contributed by atoms with van der Waals surface area (Å²) in [6.07, 6.45) is 1.91. The molecule has 2 heterocycles. The van der Waals surface area contributed by atoms with Gasteiger partial charge in [0.1, 0.15) is 0 Å². The fourth-order valence-corrected chi connectivity index (χ4v) is 3.42. The van der Waals surface area contributed by atoms with E-state index < -0.39 is 0 Å². The number of carbonyl (C=O) groups excluding carboxylic acids is 1. The smallest absolute Gasteiger partial charge is 0.234 e. The number of hydrogen-bond acceptors (Lipinski definition) is 4. The van der Waals surface area contributed by atoms with Crippen molar-refractivity contribution in [1.29, 1.82) is 0 Å². The van der Waals surface area contributed by atoms with Crippen molar-refractivity contribution < 1.29 is 9.53 Å². The largest absolute Gasteiger partial charge is 0.374 e. The Hall–Kier alpha value is -1.69. The van der Waals surface area contributed by atoms with Gasteiger partial charge in [-0.05, 0) is 5.56 Å². The average molecular weight is 315 g/mol. The minimum atomic E-state index is 0.0538. The third-order valence-corrected chi connectivity index (χ3v) is 4.53. The van der Waals surface area contributed by atoms with Crippen LogP contribution >= 0.6 is 0 Å². The van der Waals surface area contributed by atoms with Crippen LogP contribution in [0.15, 0.2) is 43.0 Å². The molecule has 23 heavy (non-hydrogen) atoms. The van der Waals surface area contributed by atoms with Crippen molar-refractivity contribution >= 4 is 5.91 Å². The van der Waals surface area contributed by atoms with Crippen molar-refractivity contribution in [2.45, 2.75) is 18.7 Å². The Labute approximate surface area is 137 Å². The summed E-state index contributed by atoms with van der Waals surface area (Å²) in [7, 11) is 0. The molecule has 2 saturated heterocycles. The Morgan fingerprint density at radius 2 is 2.17 bits per heavy atom. The van der Waals surface area contributed by atoms with E-state index in [1.54, 1.807) is 6.08 Å². The van der Waals surface area contributed by atoms with Crippen molar-refractivity contribution in [1.82, 2.24) is 15.1 Å². The molecule has 2 fully saturated rings. The van der Waals surface area contributed by atoms with E-state index in [0.29, 0.717) is 19.1 Å². The fraction of sp³-hybridized carbons (Fsp3) is 0.500. The molecular formula is C18H25N3O2. The number of fused-ring (bicyclic) bond motifs is 1. The lowest BCUT2D eigenvalue weighted by molar-refractivity contribution is -0.121. The number of hydrogen-bond donors (Lipinski definition) is 1. The molecule has 1 aromatic carbocycles. The van der Waals surface area contributed by atoms with E-state index in [2.05, 4.69) is 46.0 Å². The van der Waals surface area contributed by atoms with Gasteiger partial charge in [-0.2, -0.15) is 0 Å². The summed E-state index contributed by atoms with van der Waals surface area (Å²) in [6, 6.07) is 10.9. The maximum absolute atomic E-state index is 11.9. The Bertz CT molecular complexity index is 534. The molecule has 5 heteroatoms. The third kappa shape index (κ3) is 4.19. The number of nitrogens with zero attached hydrogens (tertiary/aromatic N) is 2. The molecule has 0 bridgehead atoms. The molecule has 0 unspecified atom stereocenters. The van der Waals surface area contributed by atoms with Gasteiger partial charge in [-0.1, -0.05) is 36.4 Å². The van der Waals surface area contributed by atoms with Crippen LogP contribution in [0.3, 0.4) is 0 Å². The molecule has 0 radical (unpaired) electrons. The first-order valence-electron chi connectivity index (χ1n) is 8.26. The van der Waals surface area contributed by atoms with E-state index in [1.165, 1.54) is 5.56 Å². The van der Waals surface area contributed by atoms with Crippen LogP contribution < -0.4 is 5.32 Å². The van der Waals surface area contributed by atoms with Gasteiger partial charge in [0.15, 0.2) is 0 Å². The van der Waals surface area contributed by atoms with Crippen molar-refractivity contribution in [3.05, 3.63) is 48.6 Å². The van der Waals surface area contributed by atoms with Gasteiger partial charge in [0, 0.05) is 32.7 Å². The van der Waals surface area contributed by atoms with Crippen molar-refractivity contribution in [2.75, 3.05) is 39.3 Å². The number of likely N-dealkylation sites (tertiary alicyclic amines) is 1. The number of morpholine rings is 1. The molecule has 124 valence electrons. The quantitative estimate of drug-likeness (QED) is 0.792. The zero-order valence-electron chi connectivity index (χ0n) is 13.5. The number of carbonyl (C=O) groups is 1. The van der Waals surface area contributed by atoms with Gasteiger partial charge in [-0.25, -0.2) is 0 Å². The standard InChI is InChI=1S/C18H25N3O2/c1-2-8-19-18(22)14-20-12-16-17(13-20)23-10-9-21(16)11-15-6-4-3-5-7-15/h2-7,16-17H,1,8-14H2,(H,19,22)/t16-,17-/m0/s1. The predicted octanol–water partition coefficient (Wildman–Crippen LogP) is 0.874. The normalized spacial score (nSPS) is 25.0. The number of benzene rings is 1. The first-order valence-corrected chi connectivity index (χ1v) is 8.26. The van der Waals surface area contributed by atoms with E-state index in [9.17, 15) is 4.79 Å². The van der Waals surface area contributed by atoms with E-state index in [1.807, 2.05) is 6.07 Å². The molecule has 2 aliphatic rings. The minimum Gasteiger partial charge on any atom is -0.374 e. The molecule has 5 nitrogen and oxygen atoms in total. The van der Waals surface area contributed by atoms with Crippen molar-refractivity contribution in [3.8, 4) is 0 Å². The Morgan fingerprint density at radius 3 is 2.96 bits per heavy atom. The van der Waals surface area contributed by atoms with Gasteiger partial charge in [0.05, 0.1) is 25.3 Å². The Morgan fingerprint density at radius 1 is 1.35 bits per heavy atom. The van der Waals surface area contributed by atoms with Gasteiger partial charge < -0.3 is 10.1 Å². The van der Waals surface area contributed by atoms with Gasteiger partial charge in [-0.3, -0.25) is 14.6 Å². The highest BCUT2D eigenvalue weighted by Gasteiger charge is 2.40. The van der Waals surface area contributed by atoms with Crippen LogP contribution in [0.4, 0.5) is 0 Å². The summed E-state index contributed by atoms with van der Waals surface area (Å²) >= 11 is 0. The van der Waals surface area contributed by atoms with E-state index >= 15 is 0 Å². The van der Waals surface area contributed by atoms with Gasteiger partial charge in [-0.15, -0.1) is 6.58 Å². The molecule has 3 rings (SSSR count). The molecule has 2 atom stereocenters. The highest BCUT2D eigenvalue weighted by molar-refractivity contribution is 5.78. The first kappa shape index (κ1) is 16.2. The van der Waals surface area contributed by atoms with Crippen LogP contribution in [-0.4, -0.2) is 67.2 Å². The Kier molecular flexibility index (Phi) is 5.43. The maximum atomic E-state index is 11.9. The summed E-state index contributed by atoms with van der Waals surface area (Å²) < 4.78 is 5.93. The summed E-state index contributed by atoms with van der Waals surface area (Å²) in [4.78, 5) is 16.6. The molecular weight excluding hydrogens is 290 g/mol. The van der Waals surface area contributed by atoms with Crippen LogP contribution in [-0.2, 0) is 16.1 Å². The van der Waals surface area contributed by atoms with Crippen molar-refractivity contribution in [2.24, 2.45) is 0 Å². The number of nitrogens with one attached hydrogen (secondary N) is 1. The van der Waals surface area contributed by atoms with Crippen molar-refractivity contribution in [3.63, 3.8) is 0 Å². The van der Waals surface area contributed by atoms with Crippen LogP contribution in [0.25, 0.3) is 0 Å². The fourth-order valence-electron chi connectivity index (χ4n) is 3.42. The number of ether oxygens (including phenoxy) is 1. The summed E-state index contributed by atoms with van der Waals surface area (Å²) in [5, 5.41) is 2.84. The molecule has 1 amide bonds. The molecule has 0 saturated carbocycles. The molecule has 0 spiro atoms. The average Bonchev–Trinajstić information content (AvgIpc) is 2.97. The minimum absolute atomic E-state index is 0.0538. The topological polar surface area (TPSA) is 44.8 Å². The van der Waals surface area contributed by atoms with E-state index in [4.69, 9.17) is 4.74 Å². The van der Waals surface area contributed by atoms with Gasteiger partial charge >= 0.3 is 0 Å². The lowest BCUT2D eigenvalue weighted by Gasteiger charge is -2.37. The molecule has 0 aromatic heterocycles. The molecule has 1 aromatic rings. The maximum Gasteiger partial charge on any atom is 0.234 e. The predicted molar refractivity (Wildman–Crippen MR) is 90.0 cm³/mol. The monoisotopic (exact) mass is 315 g/mol. The Balaban J connectivity index is 1.57. The summed E-state index contributed by atoms with van der Waals surface area (Å²) in [5.74, 6) is 0.0538.